The van der Waals surface area contributed by atoms with Crippen LogP contribution in [-0.2, 0) is 14.3 Å². The average Bonchev–Trinajstić information content (AvgIpc) is 2.59. The van der Waals surface area contributed by atoms with Crippen molar-refractivity contribution in [3.8, 4) is 0 Å². The number of amides is 1. The summed E-state index contributed by atoms with van der Waals surface area (Å²) in [4.78, 5) is 36.8. The van der Waals surface area contributed by atoms with E-state index in [9.17, 15) is 18.8 Å². The van der Waals surface area contributed by atoms with Gasteiger partial charge in [0.25, 0.3) is 0 Å². The molecule has 26 heavy (non-hydrogen) atoms. The summed E-state index contributed by atoms with van der Waals surface area (Å²) in [6, 6.07) is 3.20. The normalized spacial score (nSPS) is 17.3. The van der Waals surface area contributed by atoms with Crippen LogP contribution in [0.3, 0.4) is 0 Å². The summed E-state index contributed by atoms with van der Waals surface area (Å²) in [5.41, 5.74) is 0.583. The SMILES string of the molecule is COC(=O)C1C=C(c2ccc(F)c(C=O)c2)CCN1C(=O)OC(C)(C)C. The lowest BCUT2D eigenvalue weighted by Gasteiger charge is -2.34. The zero-order valence-corrected chi connectivity index (χ0v) is 15.2. The van der Waals surface area contributed by atoms with Crippen molar-refractivity contribution in [3.05, 3.63) is 41.2 Å². The summed E-state index contributed by atoms with van der Waals surface area (Å²) in [5, 5.41) is 0. The van der Waals surface area contributed by atoms with E-state index >= 15 is 0 Å². The first-order chi connectivity index (χ1) is 12.2. The lowest BCUT2D eigenvalue weighted by molar-refractivity contribution is -0.145. The van der Waals surface area contributed by atoms with E-state index in [0.29, 0.717) is 18.3 Å². The molecular formula is C19H22FNO5. The van der Waals surface area contributed by atoms with Gasteiger partial charge in [-0.05, 0) is 56.5 Å². The lowest BCUT2D eigenvalue weighted by atomic mass is 9.94. The molecule has 0 aliphatic carbocycles. The van der Waals surface area contributed by atoms with E-state index < -0.39 is 29.5 Å². The molecule has 1 aromatic rings. The number of ether oxygens (including phenoxy) is 2. The molecule has 1 atom stereocenters. The third-order valence-corrected chi connectivity index (χ3v) is 3.88. The maximum atomic E-state index is 13.5. The highest BCUT2D eigenvalue weighted by atomic mass is 19.1. The number of hydrogen-bond acceptors (Lipinski definition) is 5. The predicted molar refractivity (Wildman–Crippen MR) is 93.1 cm³/mol. The summed E-state index contributed by atoms with van der Waals surface area (Å²) in [6.07, 6.45) is 1.83. The van der Waals surface area contributed by atoms with Gasteiger partial charge in [-0.2, -0.15) is 0 Å². The maximum absolute atomic E-state index is 13.5. The molecular weight excluding hydrogens is 341 g/mol. The Hall–Kier alpha value is -2.70. The number of esters is 1. The minimum Gasteiger partial charge on any atom is -0.467 e. The molecule has 0 N–H and O–H groups in total. The van der Waals surface area contributed by atoms with Crippen molar-refractivity contribution in [3.63, 3.8) is 0 Å². The molecule has 0 fully saturated rings. The number of nitrogens with zero attached hydrogens (tertiary/aromatic N) is 1. The zero-order valence-electron chi connectivity index (χ0n) is 15.2. The van der Waals surface area contributed by atoms with Gasteiger partial charge in [-0.25, -0.2) is 14.0 Å². The topological polar surface area (TPSA) is 72.9 Å². The van der Waals surface area contributed by atoms with Crippen LogP contribution < -0.4 is 0 Å². The molecule has 0 saturated carbocycles. The van der Waals surface area contributed by atoms with Gasteiger partial charge in [0.15, 0.2) is 12.3 Å². The van der Waals surface area contributed by atoms with Crippen LogP contribution in [0.5, 0.6) is 0 Å². The van der Waals surface area contributed by atoms with Gasteiger partial charge in [0.2, 0.25) is 0 Å². The van der Waals surface area contributed by atoms with Crippen LogP contribution in [-0.4, -0.2) is 48.5 Å². The second-order valence-corrected chi connectivity index (χ2v) is 6.94. The molecule has 0 saturated heterocycles. The lowest BCUT2D eigenvalue weighted by Crippen LogP contribution is -2.49. The maximum Gasteiger partial charge on any atom is 0.411 e. The molecule has 0 aromatic heterocycles. The summed E-state index contributed by atoms with van der Waals surface area (Å²) in [5.74, 6) is -1.22. The standard InChI is InChI=1S/C19H22FNO5/c1-19(2,3)26-18(24)21-8-7-13(10-16(21)17(23)25-4)12-5-6-15(20)14(9-12)11-22/h5-6,9-11,16H,7-8H2,1-4H3. The highest BCUT2D eigenvalue weighted by Crippen LogP contribution is 2.28. The smallest absolute Gasteiger partial charge is 0.411 e. The minimum absolute atomic E-state index is 0.0624. The molecule has 7 heteroatoms. The van der Waals surface area contributed by atoms with Crippen LogP contribution in [0, 0.1) is 5.82 Å². The number of aldehydes is 1. The van der Waals surface area contributed by atoms with Crippen LogP contribution in [0.15, 0.2) is 24.3 Å². The van der Waals surface area contributed by atoms with Crippen LogP contribution in [0.1, 0.15) is 43.1 Å². The van der Waals surface area contributed by atoms with E-state index in [2.05, 4.69) is 0 Å². The Morgan fingerprint density at radius 3 is 2.58 bits per heavy atom. The van der Waals surface area contributed by atoms with E-state index in [4.69, 9.17) is 9.47 Å². The third-order valence-electron chi connectivity index (χ3n) is 3.88. The molecule has 0 bridgehead atoms. The first-order valence-corrected chi connectivity index (χ1v) is 8.19. The Kier molecular flexibility index (Phi) is 5.79. The molecule has 2 rings (SSSR count). The first kappa shape index (κ1) is 19.6. The molecule has 1 aliphatic rings. The van der Waals surface area contributed by atoms with Crippen molar-refractivity contribution in [2.45, 2.75) is 38.8 Å². The summed E-state index contributed by atoms with van der Waals surface area (Å²) in [6.45, 7) is 5.45. The fourth-order valence-corrected chi connectivity index (χ4v) is 2.66. The van der Waals surface area contributed by atoms with Gasteiger partial charge in [-0.3, -0.25) is 9.69 Å². The molecule has 6 nitrogen and oxygen atoms in total. The monoisotopic (exact) mass is 363 g/mol. The quantitative estimate of drug-likeness (QED) is 0.609. The van der Waals surface area contributed by atoms with Gasteiger partial charge < -0.3 is 9.47 Å². The number of carbonyl (C=O) groups excluding carboxylic acids is 3. The number of carbonyl (C=O) groups is 3. The number of halogens is 1. The van der Waals surface area contributed by atoms with Gasteiger partial charge in [0.1, 0.15) is 11.4 Å². The molecule has 1 unspecified atom stereocenters. The fourth-order valence-electron chi connectivity index (χ4n) is 2.66. The molecule has 1 aromatic carbocycles. The molecule has 1 amide bonds. The highest BCUT2D eigenvalue weighted by molar-refractivity contribution is 5.88. The summed E-state index contributed by atoms with van der Waals surface area (Å²) < 4.78 is 23.7. The molecule has 0 radical (unpaired) electrons. The van der Waals surface area contributed by atoms with E-state index in [0.717, 1.165) is 5.57 Å². The number of rotatable bonds is 3. The molecule has 140 valence electrons. The number of benzene rings is 1. The van der Waals surface area contributed by atoms with E-state index in [1.807, 2.05) is 0 Å². The van der Waals surface area contributed by atoms with Crippen molar-refractivity contribution < 1.29 is 28.2 Å². The second-order valence-electron chi connectivity index (χ2n) is 6.94. The highest BCUT2D eigenvalue weighted by Gasteiger charge is 2.35. The minimum atomic E-state index is -0.955. The first-order valence-electron chi connectivity index (χ1n) is 8.19. The van der Waals surface area contributed by atoms with Gasteiger partial charge in [0, 0.05) is 6.54 Å². The van der Waals surface area contributed by atoms with Crippen LogP contribution in [0.2, 0.25) is 0 Å². The Bertz CT molecular complexity index is 751. The van der Waals surface area contributed by atoms with Gasteiger partial charge in [-0.15, -0.1) is 0 Å². The van der Waals surface area contributed by atoms with Crippen molar-refractivity contribution >= 4 is 23.9 Å². The van der Waals surface area contributed by atoms with E-state index in [1.54, 1.807) is 26.8 Å². The van der Waals surface area contributed by atoms with E-state index in [1.165, 1.54) is 30.2 Å². The van der Waals surface area contributed by atoms with Crippen LogP contribution >= 0.6 is 0 Å². The zero-order chi connectivity index (χ0) is 19.5. The number of hydrogen-bond donors (Lipinski definition) is 0. The largest absolute Gasteiger partial charge is 0.467 e. The van der Waals surface area contributed by atoms with Crippen LogP contribution in [0.4, 0.5) is 9.18 Å². The van der Waals surface area contributed by atoms with E-state index in [-0.39, 0.29) is 12.1 Å². The van der Waals surface area contributed by atoms with Crippen molar-refractivity contribution in [2.75, 3.05) is 13.7 Å². The Balaban J connectivity index is 2.36. The Morgan fingerprint density at radius 1 is 1.31 bits per heavy atom. The molecule has 0 spiro atoms. The Labute approximate surface area is 151 Å². The third kappa shape index (κ3) is 4.47. The Morgan fingerprint density at radius 2 is 2.00 bits per heavy atom. The predicted octanol–water partition coefficient (Wildman–Crippen LogP) is 3.20. The average molecular weight is 363 g/mol. The van der Waals surface area contributed by atoms with Crippen molar-refractivity contribution in [1.29, 1.82) is 0 Å². The van der Waals surface area contributed by atoms with Crippen LogP contribution in [0.25, 0.3) is 5.57 Å². The van der Waals surface area contributed by atoms with Crippen molar-refractivity contribution in [2.24, 2.45) is 0 Å². The fraction of sp³-hybridized carbons (Fsp3) is 0.421. The van der Waals surface area contributed by atoms with Gasteiger partial charge in [0.05, 0.1) is 12.7 Å². The van der Waals surface area contributed by atoms with Gasteiger partial charge >= 0.3 is 12.1 Å². The summed E-state index contributed by atoms with van der Waals surface area (Å²) in [7, 11) is 1.24. The second kappa shape index (κ2) is 7.68. The summed E-state index contributed by atoms with van der Waals surface area (Å²) >= 11 is 0. The van der Waals surface area contributed by atoms with Gasteiger partial charge in [-0.1, -0.05) is 6.07 Å². The number of methoxy groups -OCH3 is 1. The molecule has 1 heterocycles. The molecule has 1 aliphatic heterocycles. The van der Waals surface area contributed by atoms with Crippen molar-refractivity contribution in [1.82, 2.24) is 4.90 Å².